The monoisotopic (exact) mass is 239 g/mol. The van der Waals surface area contributed by atoms with E-state index in [-0.39, 0.29) is 0 Å². The van der Waals surface area contributed by atoms with Crippen LogP contribution in [0.25, 0.3) is 0 Å². The van der Waals surface area contributed by atoms with Gasteiger partial charge in [-0.25, -0.2) is 0 Å². The van der Waals surface area contributed by atoms with Crippen molar-refractivity contribution in [3.05, 3.63) is 28.8 Å². The molecule has 1 amide bonds. The molecule has 0 radical (unpaired) electrons. The Kier molecular flexibility index (Phi) is 2.94. The maximum atomic E-state index is 11.7. The van der Waals surface area contributed by atoms with Gasteiger partial charge in [-0.2, -0.15) is 0 Å². The molecule has 0 unspecified atom stereocenters. The molecule has 1 aliphatic heterocycles. The van der Waals surface area contributed by atoms with Gasteiger partial charge >= 0.3 is 0 Å². The van der Waals surface area contributed by atoms with E-state index in [0.717, 1.165) is 0 Å². The third kappa shape index (κ3) is 1.60. The Morgan fingerprint density at radius 3 is 2.81 bits per heavy atom. The van der Waals surface area contributed by atoms with Crippen LogP contribution in [0.4, 0.5) is 5.69 Å². The van der Waals surface area contributed by atoms with Gasteiger partial charge in [0.15, 0.2) is 0 Å². The second-order valence-corrected chi connectivity index (χ2v) is 3.82. The molecule has 0 aliphatic carbocycles. The van der Waals surface area contributed by atoms with Crippen molar-refractivity contribution in [1.82, 2.24) is 0 Å². The maximum Gasteiger partial charge on any atom is 0.299 e. The van der Waals surface area contributed by atoms with E-state index in [1.807, 2.05) is 0 Å². The lowest BCUT2D eigenvalue weighted by atomic mass is 10.1. The van der Waals surface area contributed by atoms with E-state index < -0.39 is 11.7 Å². The molecule has 4 nitrogen and oxygen atoms in total. The summed E-state index contributed by atoms with van der Waals surface area (Å²) in [6, 6.07) is 4.92. The van der Waals surface area contributed by atoms with Gasteiger partial charge in [-0.3, -0.25) is 9.59 Å². The van der Waals surface area contributed by atoms with Crippen LogP contribution < -0.4 is 4.90 Å². The minimum atomic E-state index is -0.542. The van der Waals surface area contributed by atoms with Gasteiger partial charge < -0.3 is 9.64 Å². The number of hydrogen-bond acceptors (Lipinski definition) is 3. The molecule has 0 fully saturated rings. The average Bonchev–Trinajstić information content (AvgIpc) is 2.52. The third-order valence-corrected chi connectivity index (χ3v) is 2.76. The zero-order valence-corrected chi connectivity index (χ0v) is 9.45. The summed E-state index contributed by atoms with van der Waals surface area (Å²) in [5.74, 6) is -1.05. The molecule has 0 saturated heterocycles. The van der Waals surface area contributed by atoms with Gasteiger partial charge in [0.2, 0.25) is 0 Å². The van der Waals surface area contributed by atoms with Gasteiger partial charge in [0.05, 0.1) is 22.9 Å². The quantitative estimate of drug-likeness (QED) is 0.752. The Morgan fingerprint density at radius 2 is 2.12 bits per heavy atom. The summed E-state index contributed by atoms with van der Waals surface area (Å²) in [6.45, 7) is 0.696. The normalized spacial score (nSPS) is 14.5. The molecule has 1 aliphatic rings. The van der Waals surface area contributed by atoms with E-state index >= 15 is 0 Å². The summed E-state index contributed by atoms with van der Waals surface area (Å²) in [7, 11) is 1.54. The number of nitrogens with zero attached hydrogens (tertiary/aromatic N) is 1. The predicted octanol–water partition coefficient (Wildman–Crippen LogP) is 1.52. The first-order chi connectivity index (χ1) is 7.66. The first-order valence-electron chi connectivity index (χ1n) is 4.80. The van der Waals surface area contributed by atoms with Crippen LogP contribution in [0.5, 0.6) is 0 Å². The molecule has 5 heteroatoms. The summed E-state index contributed by atoms with van der Waals surface area (Å²) in [4.78, 5) is 24.7. The smallest absolute Gasteiger partial charge is 0.299 e. The van der Waals surface area contributed by atoms with Crippen molar-refractivity contribution in [3.63, 3.8) is 0 Å². The first kappa shape index (κ1) is 11.1. The van der Waals surface area contributed by atoms with E-state index in [9.17, 15) is 9.59 Å². The van der Waals surface area contributed by atoms with Crippen molar-refractivity contribution in [2.24, 2.45) is 0 Å². The zero-order valence-electron chi connectivity index (χ0n) is 8.70. The van der Waals surface area contributed by atoms with Crippen molar-refractivity contribution in [2.45, 2.75) is 0 Å². The van der Waals surface area contributed by atoms with Crippen LogP contribution in [0.1, 0.15) is 10.4 Å². The summed E-state index contributed by atoms with van der Waals surface area (Å²) in [6.07, 6.45) is 0. The van der Waals surface area contributed by atoms with Crippen molar-refractivity contribution in [3.8, 4) is 0 Å². The highest BCUT2D eigenvalue weighted by Crippen LogP contribution is 2.35. The molecular weight excluding hydrogens is 230 g/mol. The number of ether oxygens (including phenoxy) is 1. The number of halogens is 1. The number of fused-ring (bicyclic) bond motifs is 1. The van der Waals surface area contributed by atoms with Crippen molar-refractivity contribution >= 4 is 29.0 Å². The molecule has 0 bridgehead atoms. The predicted molar refractivity (Wildman–Crippen MR) is 60.0 cm³/mol. The fraction of sp³-hybridized carbons (Fsp3) is 0.273. The van der Waals surface area contributed by atoms with Crippen LogP contribution in [-0.2, 0) is 9.53 Å². The minimum absolute atomic E-state index is 0.331. The molecule has 1 aromatic rings. The molecule has 0 N–H and O–H groups in total. The summed E-state index contributed by atoms with van der Waals surface area (Å²) in [5, 5.41) is 0.410. The van der Waals surface area contributed by atoms with Crippen LogP contribution in [0.3, 0.4) is 0 Å². The van der Waals surface area contributed by atoms with Crippen LogP contribution in [-0.4, -0.2) is 32.0 Å². The van der Waals surface area contributed by atoms with Gasteiger partial charge in [0.25, 0.3) is 11.7 Å². The second kappa shape index (κ2) is 4.23. The van der Waals surface area contributed by atoms with E-state index in [0.29, 0.717) is 29.4 Å². The number of Topliss-reactive ketones (excluding diaryl/α,β-unsaturated/α-hetero) is 1. The first-order valence-corrected chi connectivity index (χ1v) is 5.18. The fourth-order valence-electron chi connectivity index (χ4n) is 1.71. The highest BCUT2D eigenvalue weighted by Gasteiger charge is 2.36. The Morgan fingerprint density at radius 1 is 1.38 bits per heavy atom. The van der Waals surface area contributed by atoms with Crippen LogP contribution in [0.2, 0.25) is 5.02 Å². The summed E-state index contributed by atoms with van der Waals surface area (Å²) >= 11 is 5.99. The number of hydrogen-bond donors (Lipinski definition) is 0. The van der Waals surface area contributed by atoms with Crippen LogP contribution >= 0.6 is 11.6 Å². The molecule has 84 valence electrons. The number of ketones is 1. The number of rotatable bonds is 3. The molecule has 1 heterocycles. The van der Waals surface area contributed by atoms with Crippen LogP contribution in [0.15, 0.2) is 18.2 Å². The lowest BCUT2D eigenvalue weighted by molar-refractivity contribution is -0.114. The van der Waals surface area contributed by atoms with E-state index in [4.69, 9.17) is 16.3 Å². The molecule has 16 heavy (non-hydrogen) atoms. The lowest BCUT2D eigenvalue weighted by Crippen LogP contribution is -2.32. The zero-order chi connectivity index (χ0) is 11.7. The SMILES string of the molecule is COCCN1C(=O)C(=O)c2cccc(Cl)c21. The molecule has 1 aromatic carbocycles. The van der Waals surface area contributed by atoms with Gasteiger partial charge in [-0.05, 0) is 12.1 Å². The number of amides is 1. The van der Waals surface area contributed by atoms with Gasteiger partial charge in [0, 0.05) is 13.7 Å². The average molecular weight is 240 g/mol. The van der Waals surface area contributed by atoms with E-state index in [1.165, 1.54) is 12.0 Å². The molecule has 0 aromatic heterocycles. The standard InChI is InChI=1S/C11H10ClNO3/c1-16-6-5-13-9-7(10(14)11(13)15)3-2-4-8(9)12/h2-4H,5-6H2,1H3. The molecule has 0 atom stereocenters. The van der Waals surface area contributed by atoms with Gasteiger partial charge in [-0.15, -0.1) is 0 Å². The van der Waals surface area contributed by atoms with Crippen molar-refractivity contribution in [2.75, 3.05) is 25.2 Å². The topological polar surface area (TPSA) is 46.6 Å². The Balaban J connectivity index is 2.43. The number of carbonyl (C=O) groups is 2. The summed E-state index contributed by atoms with van der Waals surface area (Å²) < 4.78 is 4.89. The fourth-order valence-corrected chi connectivity index (χ4v) is 1.98. The Labute approximate surface area is 97.7 Å². The number of benzene rings is 1. The highest BCUT2D eigenvalue weighted by molar-refractivity contribution is 6.54. The number of carbonyl (C=O) groups excluding carboxylic acids is 2. The molecular formula is C11H10ClNO3. The number of para-hydroxylation sites is 1. The Hall–Kier alpha value is -1.39. The summed E-state index contributed by atoms with van der Waals surface area (Å²) in [5.41, 5.74) is 0.866. The van der Waals surface area contributed by atoms with Gasteiger partial charge in [0.1, 0.15) is 0 Å². The largest absolute Gasteiger partial charge is 0.383 e. The number of methoxy groups -OCH3 is 1. The molecule has 0 saturated carbocycles. The molecule has 0 spiro atoms. The van der Waals surface area contributed by atoms with Crippen molar-refractivity contribution in [1.29, 1.82) is 0 Å². The third-order valence-electron chi connectivity index (χ3n) is 2.46. The number of anilines is 1. The van der Waals surface area contributed by atoms with Crippen molar-refractivity contribution < 1.29 is 14.3 Å². The lowest BCUT2D eigenvalue weighted by Gasteiger charge is -2.16. The molecule has 2 rings (SSSR count). The highest BCUT2D eigenvalue weighted by atomic mass is 35.5. The second-order valence-electron chi connectivity index (χ2n) is 3.41. The minimum Gasteiger partial charge on any atom is -0.383 e. The van der Waals surface area contributed by atoms with Gasteiger partial charge in [-0.1, -0.05) is 17.7 Å². The van der Waals surface area contributed by atoms with Crippen LogP contribution in [0, 0.1) is 0 Å². The van der Waals surface area contributed by atoms with E-state index in [1.54, 1.807) is 18.2 Å². The maximum absolute atomic E-state index is 11.7. The van der Waals surface area contributed by atoms with E-state index in [2.05, 4.69) is 0 Å². The Bertz CT molecular complexity index is 459.